The number of carbonyl (C=O) groups excluding carboxylic acids is 1. The standard InChI is InChI=1S/C20H16N4O/c21-20(16-11-23-18-8-4-2-6-13(16)18)9-14(19(25)24-20)15-10-22-17-7-3-1-5-12(15)17/h1-11,22-23H,21H2,(H,24,25). The van der Waals surface area contributed by atoms with E-state index in [9.17, 15) is 4.79 Å². The summed E-state index contributed by atoms with van der Waals surface area (Å²) in [6.45, 7) is 0. The number of benzene rings is 2. The van der Waals surface area contributed by atoms with E-state index in [-0.39, 0.29) is 5.91 Å². The normalized spacial score (nSPS) is 20.2. The van der Waals surface area contributed by atoms with E-state index in [1.165, 1.54) is 0 Å². The van der Waals surface area contributed by atoms with Crippen LogP contribution in [0.25, 0.3) is 27.4 Å². The van der Waals surface area contributed by atoms with Gasteiger partial charge in [-0.15, -0.1) is 0 Å². The number of para-hydroxylation sites is 2. The van der Waals surface area contributed by atoms with Gasteiger partial charge in [0.05, 0.1) is 0 Å². The Labute approximate surface area is 143 Å². The molecule has 5 heteroatoms. The van der Waals surface area contributed by atoms with Gasteiger partial charge in [-0.05, 0) is 18.2 Å². The Morgan fingerprint density at radius 2 is 1.48 bits per heavy atom. The van der Waals surface area contributed by atoms with Crippen LogP contribution in [0.5, 0.6) is 0 Å². The summed E-state index contributed by atoms with van der Waals surface area (Å²) in [6.07, 6.45) is 5.54. The van der Waals surface area contributed by atoms with Gasteiger partial charge in [0.25, 0.3) is 5.91 Å². The lowest BCUT2D eigenvalue weighted by Crippen LogP contribution is -2.47. The van der Waals surface area contributed by atoms with Crippen LogP contribution in [0.4, 0.5) is 0 Å². The van der Waals surface area contributed by atoms with E-state index >= 15 is 0 Å². The zero-order valence-corrected chi connectivity index (χ0v) is 13.3. The van der Waals surface area contributed by atoms with Gasteiger partial charge in [0.1, 0.15) is 5.66 Å². The van der Waals surface area contributed by atoms with Crippen LogP contribution in [0.1, 0.15) is 11.1 Å². The Kier molecular flexibility index (Phi) is 2.73. The van der Waals surface area contributed by atoms with E-state index < -0.39 is 5.66 Å². The molecule has 0 fully saturated rings. The quantitative estimate of drug-likeness (QED) is 0.456. The minimum Gasteiger partial charge on any atom is -0.361 e. The summed E-state index contributed by atoms with van der Waals surface area (Å²) in [7, 11) is 0. The fourth-order valence-electron chi connectivity index (χ4n) is 3.64. The Balaban J connectivity index is 1.68. The number of carbonyl (C=O) groups is 1. The molecular weight excluding hydrogens is 312 g/mol. The molecule has 1 atom stereocenters. The van der Waals surface area contributed by atoms with Crippen molar-refractivity contribution in [1.82, 2.24) is 15.3 Å². The Morgan fingerprint density at radius 1 is 0.840 bits per heavy atom. The number of nitrogens with one attached hydrogen (secondary N) is 3. The number of nitrogens with two attached hydrogens (primary N) is 1. The second kappa shape index (κ2) is 4.84. The van der Waals surface area contributed by atoms with E-state index in [4.69, 9.17) is 5.73 Å². The van der Waals surface area contributed by atoms with Crippen LogP contribution in [0, 0.1) is 0 Å². The predicted octanol–water partition coefficient (Wildman–Crippen LogP) is 2.97. The second-order valence-corrected chi connectivity index (χ2v) is 6.38. The van der Waals surface area contributed by atoms with Gasteiger partial charge in [-0.3, -0.25) is 4.79 Å². The summed E-state index contributed by atoms with van der Waals surface area (Å²) in [5.41, 5.74) is 9.83. The van der Waals surface area contributed by atoms with E-state index in [0.717, 1.165) is 32.9 Å². The summed E-state index contributed by atoms with van der Waals surface area (Å²) in [4.78, 5) is 19.1. The Morgan fingerprint density at radius 3 is 2.28 bits per heavy atom. The lowest BCUT2D eigenvalue weighted by atomic mass is 9.98. The van der Waals surface area contributed by atoms with Gasteiger partial charge in [-0.2, -0.15) is 0 Å². The molecule has 5 rings (SSSR count). The van der Waals surface area contributed by atoms with Crippen LogP contribution in [0.3, 0.4) is 0 Å². The molecule has 0 radical (unpaired) electrons. The topological polar surface area (TPSA) is 86.7 Å². The van der Waals surface area contributed by atoms with Gasteiger partial charge in [0.15, 0.2) is 0 Å². The van der Waals surface area contributed by atoms with Gasteiger partial charge in [-0.1, -0.05) is 36.4 Å². The molecule has 0 aliphatic carbocycles. The average Bonchev–Trinajstić information content (AvgIpc) is 3.30. The van der Waals surface area contributed by atoms with Crippen molar-refractivity contribution < 1.29 is 4.79 Å². The molecule has 1 aliphatic rings. The summed E-state index contributed by atoms with van der Waals surface area (Å²) in [5, 5.41) is 4.95. The molecule has 5 N–H and O–H groups in total. The summed E-state index contributed by atoms with van der Waals surface area (Å²) >= 11 is 0. The van der Waals surface area contributed by atoms with Crippen LogP contribution in [0.2, 0.25) is 0 Å². The van der Waals surface area contributed by atoms with Crippen LogP contribution < -0.4 is 11.1 Å². The first-order valence-corrected chi connectivity index (χ1v) is 8.13. The maximum atomic E-state index is 12.7. The minimum absolute atomic E-state index is 0.169. The molecule has 122 valence electrons. The molecule has 0 saturated carbocycles. The van der Waals surface area contributed by atoms with E-state index in [1.54, 1.807) is 0 Å². The molecule has 3 heterocycles. The largest absolute Gasteiger partial charge is 0.361 e. The SMILES string of the molecule is NC1(c2c[nH]c3ccccc23)C=C(c2c[nH]c3ccccc23)C(=O)N1. The highest BCUT2D eigenvalue weighted by Gasteiger charge is 2.38. The number of aromatic nitrogens is 2. The summed E-state index contributed by atoms with van der Waals surface area (Å²) in [6, 6.07) is 15.8. The fraction of sp³-hybridized carbons (Fsp3) is 0.0500. The Bertz CT molecular complexity index is 1170. The lowest BCUT2D eigenvalue weighted by molar-refractivity contribution is -0.116. The van der Waals surface area contributed by atoms with Crippen molar-refractivity contribution in [3.63, 3.8) is 0 Å². The molecule has 4 aromatic rings. The van der Waals surface area contributed by atoms with Crippen molar-refractivity contribution >= 4 is 33.3 Å². The predicted molar refractivity (Wildman–Crippen MR) is 98.6 cm³/mol. The van der Waals surface area contributed by atoms with Gasteiger partial charge in [0, 0.05) is 50.9 Å². The number of hydrogen-bond donors (Lipinski definition) is 4. The van der Waals surface area contributed by atoms with E-state index in [2.05, 4.69) is 15.3 Å². The molecule has 1 unspecified atom stereocenters. The van der Waals surface area contributed by atoms with Gasteiger partial charge >= 0.3 is 0 Å². The first kappa shape index (κ1) is 14.1. The number of hydrogen-bond acceptors (Lipinski definition) is 2. The van der Waals surface area contributed by atoms with E-state index in [0.29, 0.717) is 5.57 Å². The zero-order chi connectivity index (χ0) is 17.0. The molecule has 1 amide bonds. The first-order chi connectivity index (χ1) is 12.2. The number of H-pyrrole nitrogens is 2. The van der Waals surface area contributed by atoms with E-state index in [1.807, 2.05) is 67.0 Å². The number of rotatable bonds is 2. The first-order valence-electron chi connectivity index (χ1n) is 8.13. The zero-order valence-electron chi connectivity index (χ0n) is 13.3. The summed E-state index contributed by atoms with van der Waals surface area (Å²) in [5.74, 6) is -0.169. The van der Waals surface area contributed by atoms with Crippen molar-refractivity contribution in [3.8, 4) is 0 Å². The molecule has 25 heavy (non-hydrogen) atoms. The number of aromatic amines is 2. The molecular formula is C20H16N4O. The van der Waals surface area contributed by atoms with Gasteiger partial charge in [-0.25, -0.2) is 0 Å². The van der Waals surface area contributed by atoms with Crippen molar-refractivity contribution in [2.45, 2.75) is 5.66 Å². The van der Waals surface area contributed by atoms with Gasteiger partial charge < -0.3 is 21.0 Å². The third-order valence-corrected chi connectivity index (χ3v) is 4.85. The smallest absolute Gasteiger partial charge is 0.253 e. The van der Waals surface area contributed by atoms with Crippen LogP contribution in [-0.2, 0) is 10.5 Å². The monoisotopic (exact) mass is 328 g/mol. The Hall–Kier alpha value is -3.31. The number of fused-ring (bicyclic) bond motifs is 2. The number of amides is 1. The van der Waals surface area contributed by atoms with Gasteiger partial charge in [0.2, 0.25) is 0 Å². The molecule has 1 aliphatic heterocycles. The van der Waals surface area contributed by atoms with Crippen molar-refractivity contribution in [2.24, 2.45) is 5.73 Å². The molecule has 0 bridgehead atoms. The third kappa shape index (κ3) is 1.96. The molecule has 2 aromatic carbocycles. The lowest BCUT2D eigenvalue weighted by Gasteiger charge is -2.21. The molecule has 2 aromatic heterocycles. The second-order valence-electron chi connectivity index (χ2n) is 6.38. The molecule has 0 saturated heterocycles. The van der Waals surface area contributed by atoms with Crippen molar-refractivity contribution in [3.05, 3.63) is 78.1 Å². The van der Waals surface area contributed by atoms with Crippen molar-refractivity contribution in [2.75, 3.05) is 0 Å². The highest BCUT2D eigenvalue weighted by atomic mass is 16.2. The minimum atomic E-state index is -1.04. The maximum Gasteiger partial charge on any atom is 0.253 e. The highest BCUT2D eigenvalue weighted by molar-refractivity contribution is 6.25. The van der Waals surface area contributed by atoms with Crippen molar-refractivity contribution in [1.29, 1.82) is 0 Å². The van der Waals surface area contributed by atoms with Crippen LogP contribution in [-0.4, -0.2) is 15.9 Å². The average molecular weight is 328 g/mol. The van der Waals surface area contributed by atoms with Crippen LogP contribution >= 0.6 is 0 Å². The fourth-order valence-corrected chi connectivity index (χ4v) is 3.64. The molecule has 0 spiro atoms. The maximum absolute atomic E-state index is 12.7. The molecule has 5 nitrogen and oxygen atoms in total. The highest BCUT2D eigenvalue weighted by Crippen LogP contribution is 2.35. The summed E-state index contributed by atoms with van der Waals surface area (Å²) < 4.78 is 0. The third-order valence-electron chi connectivity index (χ3n) is 4.85. The van der Waals surface area contributed by atoms with Crippen LogP contribution in [0.15, 0.2) is 67.0 Å².